The maximum Gasteiger partial charge on any atom is 0.0234 e. The van der Waals surface area contributed by atoms with Crippen molar-refractivity contribution in [3.63, 3.8) is 0 Å². The lowest BCUT2D eigenvalue weighted by molar-refractivity contribution is 0.242. The largest absolute Gasteiger partial charge is 0.297 e. The first kappa shape index (κ1) is 14.1. The number of allylic oxidation sites excluding steroid dienone is 4. The van der Waals surface area contributed by atoms with Crippen LogP contribution >= 0.6 is 0 Å². The van der Waals surface area contributed by atoms with Gasteiger partial charge in [0.15, 0.2) is 0 Å². The second-order valence-corrected chi connectivity index (χ2v) is 6.05. The predicted octanol–water partition coefficient (Wildman–Crippen LogP) is 4.28. The fourth-order valence-corrected chi connectivity index (χ4v) is 2.95. The van der Waals surface area contributed by atoms with Gasteiger partial charge in [-0.3, -0.25) is 4.90 Å². The third-order valence-electron chi connectivity index (χ3n) is 4.12. The van der Waals surface area contributed by atoms with Crippen molar-refractivity contribution in [2.75, 3.05) is 13.1 Å². The molecule has 2 aliphatic carbocycles. The second-order valence-electron chi connectivity index (χ2n) is 6.05. The van der Waals surface area contributed by atoms with Crippen molar-refractivity contribution in [1.29, 1.82) is 0 Å². The summed E-state index contributed by atoms with van der Waals surface area (Å²) in [5.74, 6) is 1.12. The van der Waals surface area contributed by atoms with E-state index in [9.17, 15) is 0 Å². The quantitative estimate of drug-likeness (QED) is 0.750. The minimum atomic E-state index is 0.560. The van der Waals surface area contributed by atoms with Crippen LogP contribution in [0.3, 0.4) is 0 Å². The molecule has 0 bridgehead atoms. The van der Waals surface area contributed by atoms with Crippen LogP contribution in [0, 0.1) is 18.8 Å². The summed E-state index contributed by atoms with van der Waals surface area (Å²) in [6.45, 7) is 5.36. The average Bonchev–Trinajstić information content (AvgIpc) is 3.15. The molecule has 3 rings (SSSR count). The van der Waals surface area contributed by atoms with E-state index < -0.39 is 0 Å². The monoisotopic (exact) mass is 277 g/mol. The Morgan fingerprint density at radius 3 is 1.71 bits per heavy atom. The fourth-order valence-electron chi connectivity index (χ4n) is 2.95. The standard InChI is InChI=1S/C20H23N/c1-17-10-12-20(13-11-17)16-21(14-18-6-2-3-7-18)15-19-8-4-5-9-19/h2-13,18-19H,14-16H2,1H3. The zero-order chi connectivity index (χ0) is 14.5. The number of aryl methyl sites for hydroxylation is 1. The third kappa shape index (κ3) is 4.05. The Morgan fingerprint density at radius 1 is 0.762 bits per heavy atom. The molecule has 0 spiro atoms. The van der Waals surface area contributed by atoms with Gasteiger partial charge in [-0.1, -0.05) is 78.4 Å². The van der Waals surface area contributed by atoms with Crippen LogP contribution in [-0.4, -0.2) is 18.0 Å². The smallest absolute Gasteiger partial charge is 0.0234 e. The fraction of sp³-hybridized carbons (Fsp3) is 0.300. The zero-order valence-corrected chi connectivity index (χ0v) is 12.7. The lowest BCUT2D eigenvalue weighted by Crippen LogP contribution is -2.31. The molecule has 21 heavy (non-hydrogen) atoms. The van der Waals surface area contributed by atoms with E-state index in [0.717, 1.165) is 19.6 Å². The van der Waals surface area contributed by atoms with Crippen molar-refractivity contribution >= 4 is 0 Å². The molecule has 108 valence electrons. The van der Waals surface area contributed by atoms with Gasteiger partial charge in [-0.05, 0) is 12.5 Å². The Hall–Kier alpha value is -1.86. The number of benzene rings is 1. The van der Waals surface area contributed by atoms with Gasteiger partial charge in [0.05, 0.1) is 0 Å². The normalized spacial score (nSPS) is 17.6. The Kier molecular flexibility index (Phi) is 4.52. The maximum atomic E-state index is 2.57. The molecule has 0 N–H and O–H groups in total. The van der Waals surface area contributed by atoms with Crippen molar-refractivity contribution in [3.8, 4) is 0 Å². The minimum Gasteiger partial charge on any atom is -0.297 e. The third-order valence-corrected chi connectivity index (χ3v) is 4.12. The molecule has 0 saturated heterocycles. The number of nitrogens with zero attached hydrogens (tertiary/aromatic N) is 1. The second kappa shape index (κ2) is 6.73. The summed E-state index contributed by atoms with van der Waals surface area (Å²) in [5, 5.41) is 0. The molecule has 2 aliphatic rings. The molecule has 0 fully saturated rings. The molecule has 1 aromatic rings. The van der Waals surface area contributed by atoms with E-state index >= 15 is 0 Å². The number of hydrogen-bond donors (Lipinski definition) is 0. The lowest BCUT2D eigenvalue weighted by atomic mass is 10.1. The zero-order valence-electron chi connectivity index (χ0n) is 12.7. The molecule has 0 radical (unpaired) electrons. The van der Waals surface area contributed by atoms with Crippen LogP contribution in [0.4, 0.5) is 0 Å². The van der Waals surface area contributed by atoms with E-state index in [1.165, 1.54) is 11.1 Å². The summed E-state index contributed by atoms with van der Waals surface area (Å²) < 4.78 is 0. The first-order valence-corrected chi connectivity index (χ1v) is 7.77. The molecule has 0 saturated carbocycles. The van der Waals surface area contributed by atoms with Gasteiger partial charge in [-0.2, -0.15) is 0 Å². The van der Waals surface area contributed by atoms with Gasteiger partial charge in [0.25, 0.3) is 0 Å². The maximum absolute atomic E-state index is 2.57. The van der Waals surface area contributed by atoms with Crippen LogP contribution in [0.1, 0.15) is 11.1 Å². The molecule has 0 unspecified atom stereocenters. The van der Waals surface area contributed by atoms with E-state index in [1.54, 1.807) is 0 Å². The van der Waals surface area contributed by atoms with Gasteiger partial charge in [0, 0.05) is 31.5 Å². The van der Waals surface area contributed by atoms with Crippen LogP contribution in [0.15, 0.2) is 72.9 Å². The van der Waals surface area contributed by atoms with Gasteiger partial charge < -0.3 is 0 Å². The van der Waals surface area contributed by atoms with Crippen LogP contribution in [0.2, 0.25) is 0 Å². The highest BCUT2D eigenvalue weighted by Crippen LogP contribution is 2.18. The summed E-state index contributed by atoms with van der Waals surface area (Å²) in [4.78, 5) is 2.57. The van der Waals surface area contributed by atoms with Gasteiger partial charge in [-0.25, -0.2) is 0 Å². The van der Waals surface area contributed by atoms with Crippen molar-refractivity contribution in [3.05, 3.63) is 84.0 Å². The van der Waals surface area contributed by atoms with Crippen LogP contribution in [0.5, 0.6) is 0 Å². The van der Waals surface area contributed by atoms with Gasteiger partial charge in [0.2, 0.25) is 0 Å². The van der Waals surface area contributed by atoms with E-state index in [2.05, 4.69) is 84.7 Å². The highest BCUT2D eigenvalue weighted by molar-refractivity contribution is 5.23. The first-order valence-electron chi connectivity index (χ1n) is 7.77. The summed E-state index contributed by atoms with van der Waals surface area (Å²) in [5.41, 5.74) is 2.73. The van der Waals surface area contributed by atoms with Crippen molar-refractivity contribution in [2.24, 2.45) is 11.8 Å². The topological polar surface area (TPSA) is 3.24 Å². The minimum absolute atomic E-state index is 0.560. The molecular weight excluding hydrogens is 254 g/mol. The number of rotatable bonds is 6. The Labute approximate surface area is 128 Å². The van der Waals surface area contributed by atoms with Crippen LogP contribution < -0.4 is 0 Å². The summed E-state index contributed by atoms with van der Waals surface area (Å²) in [7, 11) is 0. The average molecular weight is 277 g/mol. The molecule has 0 atom stereocenters. The molecule has 0 heterocycles. The first-order chi connectivity index (χ1) is 10.3. The van der Waals surface area contributed by atoms with Gasteiger partial charge >= 0.3 is 0 Å². The molecule has 1 heteroatoms. The van der Waals surface area contributed by atoms with E-state index in [4.69, 9.17) is 0 Å². The predicted molar refractivity (Wildman–Crippen MR) is 90.0 cm³/mol. The molecule has 1 nitrogen and oxygen atoms in total. The summed E-state index contributed by atoms with van der Waals surface area (Å²) in [6, 6.07) is 8.92. The molecule has 0 aliphatic heterocycles. The molecule has 1 aromatic carbocycles. The van der Waals surface area contributed by atoms with Crippen LogP contribution in [0.25, 0.3) is 0 Å². The van der Waals surface area contributed by atoms with Gasteiger partial charge in [-0.15, -0.1) is 0 Å². The molecule has 0 aromatic heterocycles. The molecule has 0 amide bonds. The van der Waals surface area contributed by atoms with Crippen molar-refractivity contribution in [2.45, 2.75) is 13.5 Å². The highest BCUT2D eigenvalue weighted by Gasteiger charge is 2.15. The van der Waals surface area contributed by atoms with Crippen molar-refractivity contribution in [1.82, 2.24) is 4.90 Å². The summed E-state index contributed by atoms with van der Waals surface area (Å²) in [6.07, 6.45) is 17.8. The van der Waals surface area contributed by atoms with E-state index in [-0.39, 0.29) is 0 Å². The van der Waals surface area contributed by atoms with E-state index in [0.29, 0.717) is 11.8 Å². The SMILES string of the molecule is Cc1ccc(CN(CC2C=CC=C2)CC2C=CC=C2)cc1. The highest BCUT2D eigenvalue weighted by atomic mass is 15.1. The van der Waals surface area contributed by atoms with Crippen LogP contribution in [-0.2, 0) is 6.54 Å². The Balaban J connectivity index is 1.66. The molecular formula is C20H23N. The van der Waals surface area contributed by atoms with E-state index in [1.807, 2.05) is 0 Å². The Morgan fingerprint density at radius 2 is 1.24 bits per heavy atom. The van der Waals surface area contributed by atoms with Crippen molar-refractivity contribution < 1.29 is 0 Å². The van der Waals surface area contributed by atoms with Gasteiger partial charge in [0.1, 0.15) is 0 Å². The Bertz CT molecular complexity index is 520. The summed E-state index contributed by atoms with van der Waals surface area (Å²) >= 11 is 0. The number of hydrogen-bond acceptors (Lipinski definition) is 1. The lowest BCUT2D eigenvalue weighted by Gasteiger charge is -2.26.